The highest BCUT2D eigenvalue weighted by Gasteiger charge is 2.51. The maximum absolute atomic E-state index is 12.2. The van der Waals surface area contributed by atoms with Gasteiger partial charge in [-0.25, -0.2) is 8.42 Å². The van der Waals surface area contributed by atoms with Crippen LogP contribution in [0.4, 0.5) is 0 Å². The molecule has 0 radical (unpaired) electrons. The number of nitrogens with zero attached hydrogens (tertiary/aromatic N) is 1. The molecule has 0 fully saturated rings. The summed E-state index contributed by atoms with van der Waals surface area (Å²) in [4.78, 5) is -1.02. The van der Waals surface area contributed by atoms with Crippen LogP contribution in [0.5, 0.6) is 0 Å². The van der Waals surface area contributed by atoms with Gasteiger partial charge in [0.25, 0.3) is 0 Å². The third-order valence-corrected chi connectivity index (χ3v) is 4.93. The van der Waals surface area contributed by atoms with Crippen LogP contribution in [0.3, 0.4) is 0 Å². The Kier molecular flexibility index (Phi) is 1.67. The lowest BCUT2D eigenvalue weighted by Crippen LogP contribution is -2.40. The lowest BCUT2D eigenvalue weighted by atomic mass is 10.1. The van der Waals surface area contributed by atoms with Crippen LogP contribution in [0.25, 0.3) is 0 Å². The highest BCUT2D eigenvalue weighted by molar-refractivity contribution is 7.91. The summed E-state index contributed by atoms with van der Waals surface area (Å²) >= 11 is 0. The summed E-state index contributed by atoms with van der Waals surface area (Å²) in [7, 11) is -3.26. The normalized spacial score (nSPS) is 21.1. The Morgan fingerprint density at radius 1 is 1.06 bits per heavy atom. The zero-order valence-corrected chi connectivity index (χ0v) is 9.61. The highest BCUT2D eigenvalue weighted by atomic mass is 32.2. The predicted molar refractivity (Wildman–Crippen MR) is 62.6 cm³/mol. The topological polar surface area (TPSA) is 39.1 Å². The van der Waals surface area contributed by atoms with Gasteiger partial charge in [-0.2, -0.15) is 0 Å². The minimum atomic E-state index is -3.26. The molecule has 0 saturated heterocycles. The molecule has 16 heavy (non-hydrogen) atoms. The van der Waals surface area contributed by atoms with Gasteiger partial charge in [0.1, 0.15) is 0 Å². The fraction of sp³-hybridized carbons (Fsp3) is 0.167. The molecule has 0 N–H and O–H groups in total. The second-order valence-corrected chi connectivity index (χ2v) is 6.22. The van der Waals surface area contributed by atoms with Crippen molar-refractivity contribution in [1.82, 2.24) is 4.57 Å². The SMILES string of the molecule is CS(=O)(=O)C1(n2cccc2)C2=CC=C1C=C2. The van der Waals surface area contributed by atoms with Gasteiger partial charge >= 0.3 is 0 Å². The van der Waals surface area contributed by atoms with E-state index in [-0.39, 0.29) is 0 Å². The van der Waals surface area contributed by atoms with Crippen molar-refractivity contribution in [3.63, 3.8) is 0 Å². The largest absolute Gasteiger partial charge is 0.327 e. The molecular formula is C12H11NO2S. The van der Waals surface area contributed by atoms with Crippen molar-refractivity contribution in [3.8, 4) is 0 Å². The second kappa shape index (κ2) is 2.77. The molecular weight excluding hydrogens is 222 g/mol. The van der Waals surface area contributed by atoms with Crippen LogP contribution in [-0.4, -0.2) is 19.2 Å². The van der Waals surface area contributed by atoms with Gasteiger partial charge < -0.3 is 4.57 Å². The minimum absolute atomic E-state index is 0.821. The first kappa shape index (κ1) is 9.66. The van der Waals surface area contributed by atoms with Crippen molar-refractivity contribution in [2.24, 2.45) is 0 Å². The van der Waals surface area contributed by atoms with Crippen LogP contribution in [0.15, 0.2) is 60.0 Å². The Labute approximate surface area is 94.3 Å². The number of sulfone groups is 1. The first-order valence-corrected chi connectivity index (χ1v) is 6.90. The van der Waals surface area contributed by atoms with Crippen LogP contribution in [-0.2, 0) is 14.7 Å². The molecule has 2 aliphatic rings. The molecule has 0 amide bonds. The van der Waals surface area contributed by atoms with Gasteiger partial charge in [-0.15, -0.1) is 0 Å². The summed E-state index contributed by atoms with van der Waals surface area (Å²) in [6.07, 6.45) is 12.4. The molecule has 1 aromatic rings. The molecule has 0 aromatic carbocycles. The van der Waals surface area contributed by atoms with Crippen molar-refractivity contribution < 1.29 is 8.42 Å². The van der Waals surface area contributed by atoms with Gasteiger partial charge in [0.05, 0.1) is 0 Å². The minimum Gasteiger partial charge on any atom is -0.327 e. The van der Waals surface area contributed by atoms with Crippen molar-refractivity contribution in [2.45, 2.75) is 4.87 Å². The van der Waals surface area contributed by atoms with E-state index in [0.717, 1.165) is 11.1 Å². The zero-order valence-electron chi connectivity index (χ0n) is 8.79. The molecule has 1 aromatic heterocycles. The van der Waals surface area contributed by atoms with E-state index in [1.807, 2.05) is 36.4 Å². The Balaban J connectivity index is 2.37. The van der Waals surface area contributed by atoms with Crippen LogP contribution in [0.2, 0.25) is 0 Å². The average molecular weight is 233 g/mol. The Morgan fingerprint density at radius 2 is 1.56 bits per heavy atom. The van der Waals surface area contributed by atoms with E-state index < -0.39 is 14.7 Å². The molecule has 2 bridgehead atoms. The maximum atomic E-state index is 12.2. The van der Waals surface area contributed by atoms with Gasteiger partial charge in [0, 0.05) is 18.6 Å². The van der Waals surface area contributed by atoms with E-state index >= 15 is 0 Å². The molecule has 0 spiro atoms. The molecule has 4 heteroatoms. The molecule has 2 aliphatic carbocycles. The molecule has 0 unspecified atom stereocenters. The Morgan fingerprint density at radius 3 is 1.94 bits per heavy atom. The lowest BCUT2D eigenvalue weighted by Gasteiger charge is -2.30. The molecule has 0 saturated carbocycles. The smallest absolute Gasteiger partial charge is 0.197 e. The quantitative estimate of drug-likeness (QED) is 0.778. The first-order chi connectivity index (χ1) is 7.57. The molecule has 0 atom stereocenters. The highest BCUT2D eigenvalue weighted by Crippen LogP contribution is 2.48. The van der Waals surface area contributed by atoms with E-state index in [0.29, 0.717) is 0 Å². The Hall–Kier alpha value is -1.55. The Bertz CT molecular complexity index is 609. The van der Waals surface area contributed by atoms with Crippen LogP contribution >= 0.6 is 0 Å². The maximum Gasteiger partial charge on any atom is 0.197 e. The van der Waals surface area contributed by atoms with Crippen LogP contribution in [0.1, 0.15) is 0 Å². The predicted octanol–water partition coefficient (Wildman–Crippen LogP) is 1.62. The molecule has 3 rings (SSSR count). The van der Waals surface area contributed by atoms with E-state index in [2.05, 4.69) is 0 Å². The van der Waals surface area contributed by atoms with Gasteiger partial charge in [0.15, 0.2) is 14.7 Å². The number of hydrogen-bond acceptors (Lipinski definition) is 2. The van der Waals surface area contributed by atoms with Gasteiger partial charge in [-0.1, -0.05) is 24.3 Å². The van der Waals surface area contributed by atoms with E-state index in [1.54, 1.807) is 17.0 Å². The average Bonchev–Trinajstić information content (AvgIpc) is 2.89. The third kappa shape index (κ3) is 0.906. The van der Waals surface area contributed by atoms with Gasteiger partial charge in [0.2, 0.25) is 0 Å². The van der Waals surface area contributed by atoms with Crippen LogP contribution < -0.4 is 0 Å². The van der Waals surface area contributed by atoms with Crippen LogP contribution in [0, 0.1) is 0 Å². The molecule has 1 heterocycles. The van der Waals surface area contributed by atoms with E-state index in [9.17, 15) is 8.42 Å². The monoisotopic (exact) mass is 233 g/mol. The number of aromatic nitrogens is 1. The number of rotatable bonds is 2. The molecule has 3 nitrogen and oxygen atoms in total. The zero-order chi connectivity index (χ0) is 11.4. The van der Waals surface area contributed by atoms with Gasteiger partial charge in [-0.05, 0) is 23.3 Å². The summed E-state index contributed by atoms with van der Waals surface area (Å²) in [6.45, 7) is 0. The summed E-state index contributed by atoms with van der Waals surface area (Å²) in [6, 6.07) is 3.68. The molecule has 0 aliphatic heterocycles. The number of fused-ring (bicyclic) bond motifs is 2. The summed E-state index contributed by atoms with van der Waals surface area (Å²) in [5.41, 5.74) is 1.64. The van der Waals surface area contributed by atoms with Crippen molar-refractivity contribution in [1.29, 1.82) is 0 Å². The summed E-state index contributed by atoms with van der Waals surface area (Å²) in [5, 5.41) is 0. The standard InChI is InChI=1S/C12H11NO2S/c1-16(14,15)12(13-8-2-3-9-13)10-4-5-11(12)7-6-10/h2-9H,1H3. The van der Waals surface area contributed by atoms with Crippen molar-refractivity contribution in [2.75, 3.05) is 6.26 Å². The fourth-order valence-corrected chi connectivity index (χ4v) is 4.18. The first-order valence-electron chi connectivity index (χ1n) is 5.01. The number of allylic oxidation sites excluding steroid dienone is 4. The number of hydrogen-bond donors (Lipinski definition) is 0. The van der Waals surface area contributed by atoms with E-state index in [1.165, 1.54) is 6.26 Å². The summed E-state index contributed by atoms with van der Waals surface area (Å²) in [5.74, 6) is 0. The second-order valence-electron chi connectivity index (χ2n) is 4.08. The lowest BCUT2D eigenvalue weighted by molar-refractivity contribution is 0.529. The fourth-order valence-electron chi connectivity index (χ4n) is 2.55. The van der Waals surface area contributed by atoms with E-state index in [4.69, 9.17) is 0 Å². The third-order valence-electron chi connectivity index (χ3n) is 3.17. The van der Waals surface area contributed by atoms with Crippen molar-refractivity contribution >= 4 is 9.84 Å². The summed E-state index contributed by atoms with van der Waals surface area (Å²) < 4.78 is 26.1. The molecule has 82 valence electrons. The van der Waals surface area contributed by atoms with Crippen molar-refractivity contribution in [3.05, 3.63) is 60.0 Å². The van der Waals surface area contributed by atoms with Gasteiger partial charge in [-0.3, -0.25) is 0 Å².